The third kappa shape index (κ3) is 3.75. The summed E-state index contributed by atoms with van der Waals surface area (Å²) in [6.07, 6.45) is 1.14. The highest BCUT2D eigenvalue weighted by Crippen LogP contribution is 2.27. The van der Waals surface area contributed by atoms with Gasteiger partial charge in [0.15, 0.2) is 9.84 Å². The predicted molar refractivity (Wildman–Crippen MR) is 80.3 cm³/mol. The molecule has 0 amide bonds. The van der Waals surface area contributed by atoms with Crippen molar-refractivity contribution in [3.05, 3.63) is 53.6 Å². The largest absolute Gasteiger partial charge is 0.456 e. The zero-order valence-corrected chi connectivity index (χ0v) is 12.8. The molecule has 0 fully saturated rings. The number of hydrogen-bond donors (Lipinski definition) is 0. The molecule has 2 rings (SSSR count). The van der Waals surface area contributed by atoms with Crippen LogP contribution in [0.25, 0.3) is 0 Å². The summed E-state index contributed by atoms with van der Waals surface area (Å²) in [5.41, 5.74) is 1.20. The van der Waals surface area contributed by atoms with E-state index in [1.807, 2.05) is 6.07 Å². The second kappa shape index (κ2) is 6.17. The van der Waals surface area contributed by atoms with Gasteiger partial charge in [0, 0.05) is 12.1 Å². The highest BCUT2D eigenvalue weighted by atomic mass is 35.5. The zero-order valence-electron chi connectivity index (χ0n) is 11.2. The molecule has 108 valence electrons. The van der Waals surface area contributed by atoms with Crippen molar-refractivity contribution >= 4 is 21.4 Å². The Morgan fingerprint density at radius 1 is 1.19 bits per heavy atom. The lowest BCUT2D eigenvalue weighted by Gasteiger charge is -2.09. The maximum Gasteiger partial charge on any atom is 0.175 e. The fourth-order valence-corrected chi connectivity index (χ4v) is 2.52. The van der Waals surface area contributed by atoms with Gasteiger partial charge in [-0.25, -0.2) is 8.42 Å². The van der Waals surface area contributed by atoms with Crippen LogP contribution in [0, 0.1) is 11.3 Å². The topological polar surface area (TPSA) is 67.2 Å². The summed E-state index contributed by atoms with van der Waals surface area (Å²) in [6, 6.07) is 13.2. The SMILES string of the molecule is CS(=O)(=O)c1ccc(Oc2ccc(CCl)cc2C#N)cc1. The second-order valence-electron chi connectivity index (χ2n) is 4.42. The Morgan fingerprint density at radius 2 is 1.86 bits per heavy atom. The van der Waals surface area contributed by atoms with Crippen molar-refractivity contribution in [2.75, 3.05) is 6.26 Å². The summed E-state index contributed by atoms with van der Waals surface area (Å²) in [5, 5.41) is 9.11. The van der Waals surface area contributed by atoms with E-state index in [1.54, 1.807) is 30.3 Å². The van der Waals surface area contributed by atoms with Crippen LogP contribution in [-0.4, -0.2) is 14.7 Å². The number of ether oxygens (including phenoxy) is 1. The molecule has 2 aromatic rings. The minimum absolute atomic E-state index is 0.216. The van der Waals surface area contributed by atoms with E-state index in [0.717, 1.165) is 11.8 Å². The summed E-state index contributed by atoms with van der Waals surface area (Å²) in [4.78, 5) is 0.216. The summed E-state index contributed by atoms with van der Waals surface area (Å²) >= 11 is 5.72. The molecular weight excluding hydrogens is 310 g/mol. The molecule has 0 spiro atoms. The monoisotopic (exact) mass is 321 g/mol. The van der Waals surface area contributed by atoms with Crippen LogP contribution in [0.3, 0.4) is 0 Å². The smallest absolute Gasteiger partial charge is 0.175 e. The number of hydrogen-bond acceptors (Lipinski definition) is 4. The zero-order chi connectivity index (χ0) is 15.5. The van der Waals surface area contributed by atoms with Crippen LogP contribution in [0.15, 0.2) is 47.4 Å². The first-order chi connectivity index (χ1) is 9.94. The van der Waals surface area contributed by atoms with E-state index < -0.39 is 9.84 Å². The fourth-order valence-electron chi connectivity index (χ4n) is 1.72. The Hall–Kier alpha value is -2.03. The first-order valence-corrected chi connectivity index (χ1v) is 8.43. The van der Waals surface area contributed by atoms with Crippen LogP contribution in [0.5, 0.6) is 11.5 Å². The fraction of sp³-hybridized carbons (Fsp3) is 0.133. The van der Waals surface area contributed by atoms with E-state index in [9.17, 15) is 8.42 Å². The third-order valence-electron chi connectivity index (χ3n) is 2.80. The van der Waals surface area contributed by atoms with Crippen molar-refractivity contribution in [3.8, 4) is 17.6 Å². The predicted octanol–water partition coefficient (Wildman–Crippen LogP) is 3.49. The van der Waals surface area contributed by atoms with Crippen LogP contribution in [-0.2, 0) is 15.7 Å². The Kier molecular flexibility index (Phi) is 4.51. The Morgan fingerprint density at radius 3 is 2.38 bits per heavy atom. The molecular formula is C15H12ClNO3S. The van der Waals surface area contributed by atoms with Gasteiger partial charge < -0.3 is 4.74 Å². The second-order valence-corrected chi connectivity index (χ2v) is 6.70. The van der Waals surface area contributed by atoms with Gasteiger partial charge in [-0.2, -0.15) is 5.26 Å². The molecule has 6 heteroatoms. The van der Waals surface area contributed by atoms with Gasteiger partial charge in [-0.1, -0.05) is 6.07 Å². The molecule has 2 aromatic carbocycles. The standard InChI is InChI=1S/C15H12ClNO3S/c1-21(18,19)14-5-3-13(4-6-14)20-15-7-2-11(9-16)8-12(15)10-17/h2-8H,9H2,1H3. The van der Waals surface area contributed by atoms with Crippen molar-refractivity contribution in [1.82, 2.24) is 0 Å². The summed E-state index contributed by atoms with van der Waals surface area (Å²) in [7, 11) is -3.24. The first-order valence-electron chi connectivity index (χ1n) is 6.01. The minimum Gasteiger partial charge on any atom is -0.456 e. The number of sulfone groups is 1. The Bertz CT molecular complexity index is 793. The number of nitrogens with zero attached hydrogens (tertiary/aromatic N) is 1. The van der Waals surface area contributed by atoms with E-state index >= 15 is 0 Å². The molecule has 0 saturated heterocycles. The van der Waals surface area contributed by atoms with E-state index in [2.05, 4.69) is 0 Å². The molecule has 0 aliphatic carbocycles. The average molecular weight is 322 g/mol. The molecule has 4 nitrogen and oxygen atoms in total. The number of halogens is 1. The van der Waals surface area contributed by atoms with Crippen molar-refractivity contribution in [2.24, 2.45) is 0 Å². The molecule has 0 atom stereocenters. The molecule has 0 saturated carbocycles. The van der Waals surface area contributed by atoms with E-state index in [-0.39, 0.29) is 4.90 Å². The minimum atomic E-state index is -3.24. The lowest BCUT2D eigenvalue weighted by molar-refractivity contribution is 0.480. The molecule has 0 aromatic heterocycles. The highest BCUT2D eigenvalue weighted by molar-refractivity contribution is 7.90. The molecule has 0 unspecified atom stereocenters. The molecule has 0 radical (unpaired) electrons. The molecule has 0 aliphatic heterocycles. The Balaban J connectivity index is 2.29. The number of nitriles is 1. The van der Waals surface area contributed by atoms with Crippen molar-refractivity contribution in [1.29, 1.82) is 5.26 Å². The van der Waals surface area contributed by atoms with Gasteiger partial charge in [0.1, 0.15) is 17.6 Å². The van der Waals surface area contributed by atoms with Gasteiger partial charge in [-0.05, 0) is 42.0 Å². The quantitative estimate of drug-likeness (QED) is 0.808. The molecule has 0 heterocycles. The van der Waals surface area contributed by atoms with Gasteiger partial charge >= 0.3 is 0 Å². The van der Waals surface area contributed by atoms with Gasteiger partial charge in [-0.3, -0.25) is 0 Å². The van der Waals surface area contributed by atoms with Crippen LogP contribution in [0.4, 0.5) is 0 Å². The lowest BCUT2D eigenvalue weighted by Crippen LogP contribution is -1.96. The maximum atomic E-state index is 11.4. The summed E-state index contributed by atoms with van der Waals surface area (Å²) in [5.74, 6) is 1.17. The van der Waals surface area contributed by atoms with E-state index in [0.29, 0.717) is 22.9 Å². The van der Waals surface area contributed by atoms with Crippen LogP contribution >= 0.6 is 11.6 Å². The summed E-state index contributed by atoms with van der Waals surface area (Å²) < 4.78 is 28.4. The third-order valence-corrected chi connectivity index (χ3v) is 4.24. The van der Waals surface area contributed by atoms with E-state index in [1.165, 1.54) is 12.1 Å². The van der Waals surface area contributed by atoms with Crippen LogP contribution in [0.2, 0.25) is 0 Å². The maximum absolute atomic E-state index is 11.4. The number of alkyl halides is 1. The molecule has 0 aliphatic rings. The molecule has 21 heavy (non-hydrogen) atoms. The molecule has 0 N–H and O–H groups in total. The van der Waals surface area contributed by atoms with Gasteiger partial charge in [0.2, 0.25) is 0 Å². The van der Waals surface area contributed by atoms with E-state index in [4.69, 9.17) is 21.6 Å². The van der Waals surface area contributed by atoms with Gasteiger partial charge in [0.05, 0.1) is 10.5 Å². The normalized spacial score (nSPS) is 10.9. The van der Waals surface area contributed by atoms with Crippen molar-refractivity contribution < 1.29 is 13.2 Å². The van der Waals surface area contributed by atoms with Crippen molar-refractivity contribution in [2.45, 2.75) is 10.8 Å². The Labute approximate surface area is 128 Å². The van der Waals surface area contributed by atoms with Gasteiger partial charge in [0.25, 0.3) is 0 Å². The number of benzene rings is 2. The number of rotatable bonds is 4. The first kappa shape index (κ1) is 15.4. The van der Waals surface area contributed by atoms with Crippen LogP contribution < -0.4 is 4.74 Å². The molecule has 0 bridgehead atoms. The van der Waals surface area contributed by atoms with Gasteiger partial charge in [-0.15, -0.1) is 11.6 Å². The lowest BCUT2D eigenvalue weighted by atomic mass is 10.1. The van der Waals surface area contributed by atoms with Crippen LogP contribution in [0.1, 0.15) is 11.1 Å². The summed E-state index contributed by atoms with van der Waals surface area (Å²) in [6.45, 7) is 0. The average Bonchev–Trinajstić information content (AvgIpc) is 2.47. The van der Waals surface area contributed by atoms with Crippen molar-refractivity contribution in [3.63, 3.8) is 0 Å². The highest BCUT2D eigenvalue weighted by Gasteiger charge is 2.09.